The Morgan fingerprint density at radius 3 is 2.92 bits per heavy atom. The van der Waals surface area contributed by atoms with Gasteiger partial charge in [-0.1, -0.05) is 0 Å². The molecule has 1 atom stereocenters. The Morgan fingerprint density at radius 2 is 2.08 bits per heavy atom. The van der Waals surface area contributed by atoms with Crippen LogP contribution in [0.15, 0.2) is 42.7 Å². The lowest BCUT2D eigenvalue weighted by molar-refractivity contribution is -0.118. The first-order valence-electron chi connectivity index (χ1n) is 8.00. The van der Waals surface area contributed by atoms with Crippen LogP contribution in [0, 0.1) is 0 Å². The standard InChI is InChI=1S/C18H17N3O3/c22-17-11-24-16-10-13(3-4-14(16)20-17)18(23)21-9-1-2-15(21)12-5-7-19-8-6-12/h3-8,10,15H,1-2,9,11H2,(H,20,22)/t15-/m1/s1. The van der Waals surface area contributed by atoms with Gasteiger partial charge in [-0.05, 0) is 48.7 Å². The maximum Gasteiger partial charge on any atom is 0.262 e. The number of nitrogens with zero attached hydrogens (tertiary/aromatic N) is 2. The molecule has 2 amide bonds. The van der Waals surface area contributed by atoms with E-state index in [1.54, 1.807) is 30.6 Å². The molecule has 6 nitrogen and oxygen atoms in total. The van der Waals surface area contributed by atoms with Gasteiger partial charge in [0, 0.05) is 24.5 Å². The summed E-state index contributed by atoms with van der Waals surface area (Å²) in [5.74, 6) is 0.344. The van der Waals surface area contributed by atoms with Crippen LogP contribution in [0.25, 0.3) is 0 Å². The number of aromatic nitrogens is 1. The first kappa shape index (κ1) is 14.7. The van der Waals surface area contributed by atoms with Crippen LogP contribution in [0.4, 0.5) is 5.69 Å². The minimum absolute atomic E-state index is 0.0161. The average Bonchev–Trinajstić information content (AvgIpc) is 3.11. The van der Waals surface area contributed by atoms with Gasteiger partial charge in [-0.2, -0.15) is 0 Å². The zero-order chi connectivity index (χ0) is 16.5. The molecule has 1 aromatic carbocycles. The maximum atomic E-state index is 12.9. The Balaban J connectivity index is 1.60. The topological polar surface area (TPSA) is 71.5 Å². The molecule has 0 bridgehead atoms. The lowest BCUT2D eigenvalue weighted by Crippen LogP contribution is -2.31. The van der Waals surface area contributed by atoms with Crippen LogP contribution in [0.3, 0.4) is 0 Å². The second-order valence-corrected chi connectivity index (χ2v) is 5.98. The van der Waals surface area contributed by atoms with Crippen molar-refractivity contribution < 1.29 is 14.3 Å². The van der Waals surface area contributed by atoms with E-state index in [-0.39, 0.29) is 24.5 Å². The normalized spacial score (nSPS) is 19.4. The summed E-state index contributed by atoms with van der Waals surface area (Å²) in [6.45, 7) is 0.717. The number of fused-ring (bicyclic) bond motifs is 1. The van der Waals surface area contributed by atoms with Crippen LogP contribution < -0.4 is 10.1 Å². The molecule has 6 heteroatoms. The maximum absolute atomic E-state index is 12.9. The third kappa shape index (κ3) is 2.60. The summed E-state index contributed by atoms with van der Waals surface area (Å²) in [6.07, 6.45) is 5.45. The number of pyridine rings is 1. The van der Waals surface area contributed by atoms with Gasteiger partial charge < -0.3 is 15.0 Å². The van der Waals surface area contributed by atoms with Crippen molar-refractivity contribution >= 4 is 17.5 Å². The highest BCUT2D eigenvalue weighted by atomic mass is 16.5. The lowest BCUT2D eigenvalue weighted by Gasteiger charge is -2.26. The van der Waals surface area contributed by atoms with Gasteiger partial charge in [-0.3, -0.25) is 14.6 Å². The van der Waals surface area contributed by atoms with Gasteiger partial charge in [0.1, 0.15) is 5.75 Å². The molecule has 0 saturated carbocycles. The largest absolute Gasteiger partial charge is 0.482 e. The van der Waals surface area contributed by atoms with Crippen molar-refractivity contribution in [3.05, 3.63) is 53.9 Å². The van der Waals surface area contributed by atoms with Gasteiger partial charge in [-0.25, -0.2) is 0 Å². The molecule has 1 N–H and O–H groups in total. The van der Waals surface area contributed by atoms with Crippen LogP contribution in [0.5, 0.6) is 5.75 Å². The van der Waals surface area contributed by atoms with Crippen molar-refractivity contribution in [2.24, 2.45) is 0 Å². The SMILES string of the molecule is O=C1COc2cc(C(=O)N3CCC[C@@H]3c3ccncc3)ccc2N1. The van der Waals surface area contributed by atoms with E-state index < -0.39 is 0 Å². The van der Waals surface area contributed by atoms with Crippen LogP contribution in [0.2, 0.25) is 0 Å². The van der Waals surface area contributed by atoms with E-state index in [1.165, 1.54) is 0 Å². The molecule has 0 spiro atoms. The van der Waals surface area contributed by atoms with Crippen molar-refractivity contribution in [1.29, 1.82) is 0 Å². The number of hydrogen-bond acceptors (Lipinski definition) is 4. The molecular weight excluding hydrogens is 306 g/mol. The summed E-state index contributed by atoms with van der Waals surface area (Å²) in [6, 6.07) is 9.16. The van der Waals surface area contributed by atoms with Crippen LogP contribution in [-0.2, 0) is 4.79 Å². The first-order valence-corrected chi connectivity index (χ1v) is 8.00. The van der Waals surface area contributed by atoms with Crippen LogP contribution >= 0.6 is 0 Å². The number of benzene rings is 1. The number of anilines is 1. The molecule has 0 radical (unpaired) electrons. The molecule has 1 aromatic heterocycles. The Hall–Kier alpha value is -2.89. The molecule has 2 aliphatic heterocycles. The Bertz CT molecular complexity index is 791. The molecular formula is C18H17N3O3. The predicted octanol–water partition coefficient (Wildman–Crippen LogP) is 2.39. The highest BCUT2D eigenvalue weighted by Gasteiger charge is 2.31. The van der Waals surface area contributed by atoms with Crippen molar-refractivity contribution in [1.82, 2.24) is 9.88 Å². The number of likely N-dealkylation sites (tertiary alicyclic amines) is 1. The molecule has 122 valence electrons. The number of hydrogen-bond donors (Lipinski definition) is 1. The highest BCUT2D eigenvalue weighted by Crippen LogP contribution is 2.34. The summed E-state index contributed by atoms with van der Waals surface area (Å²) < 4.78 is 5.41. The van der Waals surface area contributed by atoms with Gasteiger partial charge in [0.05, 0.1) is 11.7 Å². The van der Waals surface area contributed by atoms with E-state index in [2.05, 4.69) is 10.3 Å². The van der Waals surface area contributed by atoms with E-state index in [0.717, 1.165) is 24.9 Å². The summed E-state index contributed by atoms with van der Waals surface area (Å²) in [7, 11) is 0. The second-order valence-electron chi connectivity index (χ2n) is 5.98. The van der Waals surface area contributed by atoms with E-state index in [1.807, 2.05) is 17.0 Å². The van der Waals surface area contributed by atoms with E-state index in [0.29, 0.717) is 17.0 Å². The van der Waals surface area contributed by atoms with Crippen molar-refractivity contribution in [2.75, 3.05) is 18.5 Å². The number of nitrogens with one attached hydrogen (secondary N) is 1. The minimum Gasteiger partial charge on any atom is -0.482 e. The Kier molecular flexibility index (Phi) is 3.65. The van der Waals surface area contributed by atoms with Crippen LogP contribution in [0.1, 0.15) is 34.8 Å². The summed E-state index contributed by atoms with van der Waals surface area (Å²) >= 11 is 0. The van der Waals surface area contributed by atoms with Crippen molar-refractivity contribution in [3.8, 4) is 5.75 Å². The zero-order valence-corrected chi connectivity index (χ0v) is 13.1. The third-order valence-electron chi connectivity index (χ3n) is 4.47. The van der Waals surface area contributed by atoms with Crippen LogP contribution in [-0.4, -0.2) is 34.8 Å². The number of rotatable bonds is 2. The zero-order valence-electron chi connectivity index (χ0n) is 13.1. The molecule has 4 rings (SSSR count). The molecule has 24 heavy (non-hydrogen) atoms. The molecule has 0 unspecified atom stereocenters. The van der Waals surface area contributed by atoms with Gasteiger partial charge in [0.2, 0.25) is 0 Å². The van der Waals surface area contributed by atoms with E-state index in [4.69, 9.17) is 4.74 Å². The van der Waals surface area contributed by atoms with Gasteiger partial charge in [0.25, 0.3) is 11.8 Å². The summed E-state index contributed by atoms with van der Waals surface area (Å²) in [4.78, 5) is 30.2. The summed E-state index contributed by atoms with van der Waals surface area (Å²) in [5, 5.41) is 2.73. The highest BCUT2D eigenvalue weighted by molar-refractivity contribution is 5.99. The Labute approximate surface area is 139 Å². The Morgan fingerprint density at radius 1 is 1.25 bits per heavy atom. The fourth-order valence-electron chi connectivity index (χ4n) is 3.32. The first-order chi connectivity index (χ1) is 11.7. The van der Waals surface area contributed by atoms with Gasteiger partial charge >= 0.3 is 0 Å². The molecule has 2 aliphatic rings. The average molecular weight is 323 g/mol. The molecule has 1 fully saturated rings. The second kappa shape index (κ2) is 5.96. The number of carbonyl (C=O) groups is 2. The molecule has 2 aromatic rings. The minimum atomic E-state index is -0.182. The fourth-order valence-corrected chi connectivity index (χ4v) is 3.32. The predicted molar refractivity (Wildman–Crippen MR) is 87.8 cm³/mol. The quantitative estimate of drug-likeness (QED) is 0.921. The monoisotopic (exact) mass is 323 g/mol. The van der Waals surface area contributed by atoms with Gasteiger partial charge in [-0.15, -0.1) is 0 Å². The number of ether oxygens (including phenoxy) is 1. The third-order valence-corrected chi connectivity index (χ3v) is 4.47. The van der Waals surface area contributed by atoms with Crippen molar-refractivity contribution in [3.63, 3.8) is 0 Å². The number of amides is 2. The lowest BCUT2D eigenvalue weighted by atomic mass is 10.1. The van der Waals surface area contributed by atoms with E-state index >= 15 is 0 Å². The summed E-state index contributed by atoms with van der Waals surface area (Å²) in [5.41, 5.74) is 2.29. The number of carbonyl (C=O) groups excluding carboxylic acids is 2. The molecule has 0 aliphatic carbocycles. The fraction of sp³-hybridized carbons (Fsp3) is 0.278. The van der Waals surface area contributed by atoms with Gasteiger partial charge in [0.15, 0.2) is 6.61 Å². The molecule has 3 heterocycles. The van der Waals surface area contributed by atoms with Crippen molar-refractivity contribution in [2.45, 2.75) is 18.9 Å². The smallest absolute Gasteiger partial charge is 0.262 e. The molecule has 1 saturated heterocycles. The van der Waals surface area contributed by atoms with E-state index in [9.17, 15) is 9.59 Å².